The zero-order valence-corrected chi connectivity index (χ0v) is 10.3. The highest BCUT2D eigenvalue weighted by Crippen LogP contribution is 2.28. The summed E-state index contributed by atoms with van der Waals surface area (Å²) >= 11 is 1.65. The molecule has 0 aromatic rings. The fourth-order valence-corrected chi connectivity index (χ4v) is 3.44. The van der Waals surface area contributed by atoms with Crippen LogP contribution < -0.4 is 5.32 Å². The number of amides is 1. The molecule has 2 aliphatic rings. The lowest BCUT2D eigenvalue weighted by Gasteiger charge is -2.20. The van der Waals surface area contributed by atoms with Crippen LogP contribution in [0.5, 0.6) is 0 Å². The Morgan fingerprint density at radius 3 is 3.12 bits per heavy atom. The largest absolute Gasteiger partial charge is 0.379 e. The van der Waals surface area contributed by atoms with Crippen molar-refractivity contribution in [1.82, 2.24) is 5.32 Å². The molecule has 16 heavy (non-hydrogen) atoms. The van der Waals surface area contributed by atoms with Gasteiger partial charge in [-0.3, -0.25) is 4.79 Å². The summed E-state index contributed by atoms with van der Waals surface area (Å²) in [6.07, 6.45) is 7.41. The molecule has 1 heterocycles. The molecule has 0 bridgehead atoms. The van der Waals surface area contributed by atoms with Crippen LogP contribution in [0.4, 0.5) is 0 Å². The Morgan fingerprint density at radius 1 is 1.62 bits per heavy atom. The number of nitrogens with one attached hydrogen (secondary N) is 1. The van der Waals surface area contributed by atoms with Crippen molar-refractivity contribution < 1.29 is 9.90 Å². The molecule has 1 atom stereocenters. The van der Waals surface area contributed by atoms with Gasteiger partial charge in [-0.1, -0.05) is 11.6 Å². The van der Waals surface area contributed by atoms with E-state index in [0.717, 1.165) is 12.2 Å². The van der Waals surface area contributed by atoms with Crippen LogP contribution in [-0.2, 0) is 4.79 Å². The third-order valence-electron chi connectivity index (χ3n) is 3.29. The highest BCUT2D eigenvalue weighted by molar-refractivity contribution is 7.99. The number of aliphatic hydroxyl groups is 1. The van der Waals surface area contributed by atoms with Crippen molar-refractivity contribution in [2.45, 2.75) is 37.7 Å². The van der Waals surface area contributed by atoms with Crippen LogP contribution in [0.3, 0.4) is 0 Å². The first kappa shape index (κ1) is 12.0. The number of carbonyl (C=O) groups is 1. The van der Waals surface area contributed by atoms with Crippen molar-refractivity contribution >= 4 is 17.7 Å². The zero-order valence-electron chi connectivity index (χ0n) is 9.50. The lowest BCUT2D eigenvalue weighted by atomic mass is 10.0. The Bertz CT molecular complexity index is 295. The number of carbonyl (C=O) groups excluding carboxylic acids is 1. The second-order valence-corrected chi connectivity index (χ2v) is 5.70. The van der Waals surface area contributed by atoms with E-state index in [1.54, 1.807) is 11.8 Å². The first-order valence-corrected chi connectivity index (χ1v) is 7.12. The van der Waals surface area contributed by atoms with Gasteiger partial charge in [-0.2, -0.15) is 11.8 Å². The van der Waals surface area contributed by atoms with Crippen LogP contribution >= 0.6 is 11.8 Å². The van der Waals surface area contributed by atoms with Gasteiger partial charge < -0.3 is 10.4 Å². The van der Waals surface area contributed by atoms with Gasteiger partial charge in [-0.25, -0.2) is 0 Å². The number of hydrogen-bond donors (Lipinski definition) is 2. The van der Waals surface area contributed by atoms with Crippen LogP contribution in [0.1, 0.15) is 32.1 Å². The predicted octanol–water partition coefficient (Wildman–Crippen LogP) is 1.47. The van der Waals surface area contributed by atoms with E-state index < -0.39 is 5.60 Å². The number of allylic oxidation sites excluding steroid dienone is 1. The SMILES string of the molecule is O=C(NCCC1=CCCC1)C1(O)CCSC1. The van der Waals surface area contributed by atoms with Gasteiger partial charge in [0.1, 0.15) is 0 Å². The zero-order chi connectivity index (χ0) is 11.4. The Balaban J connectivity index is 1.71. The van der Waals surface area contributed by atoms with E-state index in [0.29, 0.717) is 18.7 Å². The summed E-state index contributed by atoms with van der Waals surface area (Å²) in [5, 5.41) is 12.9. The molecule has 1 fully saturated rings. The quantitative estimate of drug-likeness (QED) is 0.733. The monoisotopic (exact) mass is 241 g/mol. The maximum absolute atomic E-state index is 11.7. The van der Waals surface area contributed by atoms with Crippen LogP contribution in [0, 0.1) is 0 Å². The van der Waals surface area contributed by atoms with Crippen molar-refractivity contribution in [2.24, 2.45) is 0 Å². The minimum Gasteiger partial charge on any atom is -0.379 e. The molecule has 1 aliphatic heterocycles. The molecule has 4 heteroatoms. The third-order valence-corrected chi connectivity index (χ3v) is 4.46. The maximum Gasteiger partial charge on any atom is 0.252 e. The highest BCUT2D eigenvalue weighted by Gasteiger charge is 2.39. The van der Waals surface area contributed by atoms with Gasteiger partial charge in [0.2, 0.25) is 0 Å². The van der Waals surface area contributed by atoms with E-state index in [-0.39, 0.29) is 5.91 Å². The topological polar surface area (TPSA) is 49.3 Å². The van der Waals surface area contributed by atoms with E-state index in [1.807, 2.05) is 0 Å². The molecule has 1 amide bonds. The van der Waals surface area contributed by atoms with Gasteiger partial charge >= 0.3 is 0 Å². The Morgan fingerprint density at radius 2 is 2.50 bits per heavy atom. The molecule has 1 saturated heterocycles. The first-order chi connectivity index (χ1) is 7.71. The van der Waals surface area contributed by atoms with Gasteiger partial charge in [0.15, 0.2) is 5.60 Å². The van der Waals surface area contributed by atoms with Gasteiger partial charge in [0.05, 0.1) is 0 Å². The molecule has 0 radical (unpaired) electrons. The Kier molecular flexibility index (Phi) is 3.92. The lowest BCUT2D eigenvalue weighted by Crippen LogP contribution is -2.47. The molecule has 2 N–H and O–H groups in total. The summed E-state index contributed by atoms with van der Waals surface area (Å²) in [4.78, 5) is 11.7. The summed E-state index contributed by atoms with van der Waals surface area (Å²) < 4.78 is 0. The standard InChI is InChI=1S/C12H19NO2S/c14-11(12(15)6-8-16-9-12)13-7-5-10-3-1-2-4-10/h3,15H,1-2,4-9H2,(H,13,14). The molecule has 1 aliphatic carbocycles. The normalized spacial score (nSPS) is 29.2. The second kappa shape index (κ2) is 5.23. The third kappa shape index (κ3) is 2.80. The Labute approximate surface area is 101 Å². The fourth-order valence-electron chi connectivity index (χ4n) is 2.20. The number of thioether (sulfide) groups is 1. The smallest absolute Gasteiger partial charge is 0.252 e. The molecule has 0 aromatic carbocycles. The minimum absolute atomic E-state index is 0.184. The highest BCUT2D eigenvalue weighted by atomic mass is 32.2. The Hall–Kier alpha value is -0.480. The van der Waals surface area contributed by atoms with Crippen LogP contribution in [-0.4, -0.2) is 34.7 Å². The summed E-state index contributed by atoms with van der Waals surface area (Å²) in [6.45, 7) is 0.664. The van der Waals surface area contributed by atoms with E-state index >= 15 is 0 Å². The summed E-state index contributed by atoms with van der Waals surface area (Å²) in [5.74, 6) is 1.24. The molecule has 0 saturated carbocycles. The predicted molar refractivity (Wildman–Crippen MR) is 66.5 cm³/mol. The lowest BCUT2D eigenvalue weighted by molar-refractivity contribution is -0.137. The van der Waals surface area contributed by atoms with Crippen molar-refractivity contribution in [1.29, 1.82) is 0 Å². The van der Waals surface area contributed by atoms with Crippen molar-refractivity contribution in [3.05, 3.63) is 11.6 Å². The van der Waals surface area contributed by atoms with E-state index in [9.17, 15) is 9.90 Å². The molecule has 0 aromatic heterocycles. The van der Waals surface area contributed by atoms with Crippen LogP contribution in [0.15, 0.2) is 11.6 Å². The molecule has 1 unspecified atom stereocenters. The molecule has 0 spiro atoms. The average Bonchev–Trinajstić information content (AvgIpc) is 2.90. The summed E-state index contributed by atoms with van der Waals surface area (Å²) in [7, 11) is 0. The van der Waals surface area contributed by atoms with Crippen molar-refractivity contribution in [2.75, 3.05) is 18.1 Å². The molecule has 90 valence electrons. The van der Waals surface area contributed by atoms with E-state index in [4.69, 9.17) is 0 Å². The molecule has 2 rings (SSSR count). The molecule has 3 nitrogen and oxygen atoms in total. The fraction of sp³-hybridized carbons (Fsp3) is 0.750. The van der Waals surface area contributed by atoms with Crippen LogP contribution in [0.25, 0.3) is 0 Å². The van der Waals surface area contributed by atoms with E-state index in [2.05, 4.69) is 11.4 Å². The first-order valence-electron chi connectivity index (χ1n) is 5.97. The van der Waals surface area contributed by atoms with Gasteiger partial charge in [-0.15, -0.1) is 0 Å². The van der Waals surface area contributed by atoms with Crippen molar-refractivity contribution in [3.8, 4) is 0 Å². The summed E-state index contributed by atoms with van der Waals surface area (Å²) in [6, 6.07) is 0. The summed E-state index contributed by atoms with van der Waals surface area (Å²) in [5.41, 5.74) is 0.349. The molecular formula is C12H19NO2S. The average molecular weight is 241 g/mol. The number of hydrogen-bond acceptors (Lipinski definition) is 3. The van der Waals surface area contributed by atoms with Gasteiger partial charge in [0.25, 0.3) is 5.91 Å². The van der Waals surface area contributed by atoms with E-state index in [1.165, 1.54) is 24.8 Å². The van der Waals surface area contributed by atoms with Crippen molar-refractivity contribution in [3.63, 3.8) is 0 Å². The molecular weight excluding hydrogens is 222 g/mol. The second-order valence-electron chi connectivity index (χ2n) is 4.59. The van der Waals surface area contributed by atoms with Gasteiger partial charge in [0, 0.05) is 12.3 Å². The van der Waals surface area contributed by atoms with Gasteiger partial charge in [-0.05, 0) is 37.9 Å². The maximum atomic E-state index is 11.7. The van der Waals surface area contributed by atoms with Crippen LogP contribution in [0.2, 0.25) is 0 Å². The minimum atomic E-state index is -1.10. The number of rotatable bonds is 4.